The number of methoxy groups -OCH3 is 1. The molecule has 130 valence electrons. The lowest BCUT2D eigenvalue weighted by atomic mass is 10.0. The monoisotopic (exact) mass is 348 g/mol. The Labute approximate surface area is 149 Å². The summed E-state index contributed by atoms with van der Waals surface area (Å²) in [4.78, 5) is 16.9. The van der Waals surface area contributed by atoms with Crippen LogP contribution < -0.4 is 0 Å². The van der Waals surface area contributed by atoms with Crippen molar-refractivity contribution in [2.24, 2.45) is 0 Å². The largest absolute Gasteiger partial charge is 0.465 e. The van der Waals surface area contributed by atoms with E-state index in [1.807, 2.05) is 49.5 Å². The average molecular weight is 348 g/mol. The summed E-state index contributed by atoms with van der Waals surface area (Å²) >= 11 is 0. The van der Waals surface area contributed by atoms with Gasteiger partial charge in [0.05, 0.1) is 23.8 Å². The fourth-order valence-corrected chi connectivity index (χ4v) is 2.82. The van der Waals surface area contributed by atoms with Gasteiger partial charge in [-0.15, -0.1) is 0 Å². The van der Waals surface area contributed by atoms with E-state index in [-0.39, 0.29) is 5.71 Å². The number of esters is 1. The van der Waals surface area contributed by atoms with Crippen molar-refractivity contribution in [2.45, 2.75) is 13.5 Å². The predicted molar refractivity (Wildman–Crippen MR) is 95.5 cm³/mol. The molecule has 0 bridgehead atoms. The van der Waals surface area contributed by atoms with Gasteiger partial charge in [-0.2, -0.15) is 5.10 Å². The molecule has 0 fully saturated rings. The highest BCUT2D eigenvalue weighted by molar-refractivity contribution is 6.08. The summed E-state index contributed by atoms with van der Waals surface area (Å²) in [7, 11) is 1.34. The molecular formula is C19H16N4O3. The van der Waals surface area contributed by atoms with Gasteiger partial charge >= 0.3 is 5.97 Å². The number of aromatic nitrogens is 4. The van der Waals surface area contributed by atoms with Crippen LogP contribution in [0.1, 0.15) is 17.3 Å². The van der Waals surface area contributed by atoms with Gasteiger partial charge in [-0.1, -0.05) is 35.5 Å². The molecule has 0 N–H and O–H groups in total. The molecule has 0 spiro atoms. The number of fused-ring (bicyclic) bond motifs is 1. The summed E-state index contributed by atoms with van der Waals surface area (Å²) in [5.74, 6) is -0.478. The molecule has 0 atom stereocenters. The van der Waals surface area contributed by atoms with E-state index in [9.17, 15) is 4.79 Å². The summed E-state index contributed by atoms with van der Waals surface area (Å²) < 4.78 is 12.2. The third kappa shape index (κ3) is 2.63. The minimum absolute atomic E-state index is 0.271. The molecule has 3 aromatic heterocycles. The van der Waals surface area contributed by atoms with Crippen molar-refractivity contribution in [3.05, 3.63) is 54.2 Å². The molecule has 4 aromatic rings. The zero-order chi connectivity index (χ0) is 18.1. The molecule has 7 nitrogen and oxygen atoms in total. The fourth-order valence-electron chi connectivity index (χ4n) is 2.82. The van der Waals surface area contributed by atoms with E-state index in [1.165, 1.54) is 7.11 Å². The maximum atomic E-state index is 12.4. The highest BCUT2D eigenvalue weighted by atomic mass is 16.5. The molecule has 0 saturated heterocycles. The molecule has 1 aromatic carbocycles. The van der Waals surface area contributed by atoms with Crippen LogP contribution in [-0.2, 0) is 11.3 Å². The number of carbonyl (C=O) groups excluding carboxylic acids is 1. The van der Waals surface area contributed by atoms with Crippen molar-refractivity contribution in [2.75, 3.05) is 7.11 Å². The van der Waals surface area contributed by atoms with Gasteiger partial charge in [-0.3, -0.25) is 4.68 Å². The van der Waals surface area contributed by atoms with Crippen LogP contribution in [0, 0.1) is 0 Å². The number of hydrogen-bond donors (Lipinski definition) is 0. The van der Waals surface area contributed by atoms with E-state index in [4.69, 9.17) is 9.26 Å². The van der Waals surface area contributed by atoms with Crippen LogP contribution in [0.2, 0.25) is 0 Å². The summed E-state index contributed by atoms with van der Waals surface area (Å²) in [6, 6.07) is 13.0. The average Bonchev–Trinajstić information content (AvgIpc) is 3.34. The Hall–Kier alpha value is -3.48. The van der Waals surface area contributed by atoms with Crippen LogP contribution in [0.25, 0.3) is 33.7 Å². The molecule has 0 saturated carbocycles. The van der Waals surface area contributed by atoms with Crippen molar-refractivity contribution < 1.29 is 14.1 Å². The topological polar surface area (TPSA) is 83.0 Å². The Morgan fingerprint density at radius 1 is 1.19 bits per heavy atom. The summed E-state index contributed by atoms with van der Waals surface area (Å²) in [6.07, 6.45) is 1.86. The first-order chi connectivity index (χ1) is 12.7. The zero-order valence-corrected chi connectivity index (χ0v) is 14.3. The number of hydrogen-bond acceptors (Lipinski definition) is 6. The molecule has 26 heavy (non-hydrogen) atoms. The molecular weight excluding hydrogens is 332 g/mol. The van der Waals surface area contributed by atoms with Crippen molar-refractivity contribution >= 4 is 17.1 Å². The van der Waals surface area contributed by atoms with Gasteiger partial charge in [0.15, 0.2) is 0 Å². The standard InChI is InChI=1S/C19H16N4O3/c1-3-23-10-9-14(21-23)15-11-13(19(24)25-2)16-17(22-26-18(16)20-15)12-7-5-4-6-8-12/h4-11H,3H2,1-2H3. The first-order valence-electron chi connectivity index (χ1n) is 8.19. The Morgan fingerprint density at radius 3 is 2.69 bits per heavy atom. The molecule has 0 aliphatic rings. The lowest BCUT2D eigenvalue weighted by Gasteiger charge is -2.04. The van der Waals surface area contributed by atoms with Gasteiger partial charge in [-0.25, -0.2) is 9.78 Å². The molecule has 4 rings (SSSR count). The van der Waals surface area contributed by atoms with E-state index in [2.05, 4.69) is 15.2 Å². The van der Waals surface area contributed by atoms with Gasteiger partial charge in [0.25, 0.3) is 5.71 Å². The second kappa shape index (κ2) is 6.44. The molecule has 7 heteroatoms. The molecule has 0 aliphatic heterocycles. The first-order valence-corrected chi connectivity index (χ1v) is 8.19. The number of carbonyl (C=O) groups is 1. The maximum absolute atomic E-state index is 12.4. The molecule has 0 radical (unpaired) electrons. The highest BCUT2D eigenvalue weighted by Crippen LogP contribution is 2.32. The summed E-state index contributed by atoms with van der Waals surface area (Å²) in [5.41, 5.74) is 3.18. The van der Waals surface area contributed by atoms with Crippen molar-refractivity contribution in [3.63, 3.8) is 0 Å². The molecule has 3 heterocycles. The predicted octanol–water partition coefficient (Wildman–Crippen LogP) is 3.56. The third-order valence-corrected chi connectivity index (χ3v) is 4.13. The Morgan fingerprint density at radius 2 is 2.00 bits per heavy atom. The quantitative estimate of drug-likeness (QED) is 0.524. The minimum atomic E-state index is -0.478. The first kappa shape index (κ1) is 16.0. The van der Waals surface area contributed by atoms with Gasteiger partial charge in [-0.05, 0) is 19.1 Å². The normalized spacial score (nSPS) is 11.0. The van der Waals surface area contributed by atoms with Crippen LogP contribution in [0.5, 0.6) is 0 Å². The highest BCUT2D eigenvalue weighted by Gasteiger charge is 2.23. The van der Waals surface area contributed by atoms with Crippen LogP contribution in [-0.4, -0.2) is 33.0 Å². The van der Waals surface area contributed by atoms with Crippen LogP contribution in [0.15, 0.2) is 53.2 Å². The lowest BCUT2D eigenvalue weighted by molar-refractivity contribution is 0.0603. The SMILES string of the molecule is CCn1ccc(-c2cc(C(=O)OC)c3c(-c4ccccc4)noc3n2)n1. The number of aryl methyl sites for hydroxylation is 1. The van der Waals surface area contributed by atoms with E-state index in [0.29, 0.717) is 28.0 Å². The second-order valence-corrected chi connectivity index (χ2v) is 5.68. The van der Waals surface area contributed by atoms with Crippen LogP contribution in [0.3, 0.4) is 0 Å². The molecule has 0 amide bonds. The number of rotatable bonds is 4. The molecule has 0 aliphatic carbocycles. The summed E-state index contributed by atoms with van der Waals surface area (Å²) in [5, 5.41) is 9.09. The van der Waals surface area contributed by atoms with E-state index in [0.717, 1.165) is 12.1 Å². The smallest absolute Gasteiger partial charge is 0.338 e. The number of ether oxygens (including phenoxy) is 1. The van der Waals surface area contributed by atoms with Gasteiger partial charge < -0.3 is 9.26 Å². The van der Waals surface area contributed by atoms with Crippen molar-refractivity contribution in [1.29, 1.82) is 0 Å². The van der Waals surface area contributed by atoms with Gasteiger partial charge in [0, 0.05) is 18.3 Å². The van der Waals surface area contributed by atoms with Gasteiger partial charge in [0.2, 0.25) is 0 Å². The van der Waals surface area contributed by atoms with Crippen molar-refractivity contribution in [3.8, 4) is 22.6 Å². The van der Waals surface area contributed by atoms with E-state index in [1.54, 1.807) is 10.7 Å². The summed E-state index contributed by atoms with van der Waals surface area (Å²) in [6.45, 7) is 2.74. The number of benzene rings is 1. The van der Waals surface area contributed by atoms with E-state index >= 15 is 0 Å². The minimum Gasteiger partial charge on any atom is -0.465 e. The van der Waals surface area contributed by atoms with Gasteiger partial charge in [0.1, 0.15) is 11.4 Å². The zero-order valence-electron chi connectivity index (χ0n) is 14.3. The molecule has 0 unspecified atom stereocenters. The van der Waals surface area contributed by atoms with Crippen LogP contribution in [0.4, 0.5) is 0 Å². The van der Waals surface area contributed by atoms with Crippen molar-refractivity contribution in [1.82, 2.24) is 19.9 Å². The van der Waals surface area contributed by atoms with E-state index < -0.39 is 5.97 Å². The third-order valence-electron chi connectivity index (χ3n) is 4.13. The number of nitrogens with zero attached hydrogens (tertiary/aromatic N) is 4. The fraction of sp³-hybridized carbons (Fsp3) is 0.158. The number of pyridine rings is 1. The Kier molecular flexibility index (Phi) is 3.96. The Bertz CT molecular complexity index is 1080. The Balaban J connectivity index is 1.95. The second-order valence-electron chi connectivity index (χ2n) is 5.68. The maximum Gasteiger partial charge on any atom is 0.338 e. The van der Waals surface area contributed by atoms with Crippen LogP contribution >= 0.6 is 0 Å². The lowest BCUT2D eigenvalue weighted by Crippen LogP contribution is -2.04.